The maximum atomic E-state index is 5.15. The second-order valence-corrected chi connectivity index (χ2v) is 3.92. The van der Waals surface area contributed by atoms with Crippen molar-refractivity contribution in [3.63, 3.8) is 0 Å². The Bertz CT molecular complexity index is 270. The Kier molecular flexibility index (Phi) is 5.71. The van der Waals surface area contributed by atoms with E-state index >= 15 is 0 Å². The topological polar surface area (TPSA) is 27.7 Å². The molecule has 0 spiro atoms. The van der Waals surface area contributed by atoms with Crippen molar-refractivity contribution in [2.75, 3.05) is 27.3 Å². The van der Waals surface area contributed by atoms with E-state index in [1.54, 1.807) is 33.1 Å². The maximum Gasteiger partial charge on any atom is 0.183 e. The minimum absolute atomic E-state index is 0.286. The third-order valence-electron chi connectivity index (χ3n) is 1.92. The van der Waals surface area contributed by atoms with E-state index in [-0.39, 0.29) is 6.29 Å². The molecule has 0 N–H and O–H groups in total. The predicted octanol–water partition coefficient (Wildman–Crippen LogP) is 2.67. The van der Waals surface area contributed by atoms with Crippen molar-refractivity contribution >= 4 is 11.8 Å². The van der Waals surface area contributed by atoms with Crippen LogP contribution in [0.4, 0.5) is 0 Å². The quantitative estimate of drug-likeness (QED) is 0.552. The average Bonchev–Trinajstić information content (AvgIpc) is 2.29. The Hall–Kier alpha value is -0.550. The fraction of sp³-hybridized carbons (Fsp3) is 0.455. The normalized spacial score (nSPS) is 10.9. The van der Waals surface area contributed by atoms with Crippen LogP contribution in [-0.4, -0.2) is 27.3 Å². The van der Waals surface area contributed by atoms with Crippen LogP contribution in [0.25, 0.3) is 0 Å². The molecule has 0 heterocycles. The molecule has 3 nitrogen and oxygen atoms in total. The van der Waals surface area contributed by atoms with Crippen LogP contribution >= 0.6 is 11.8 Å². The minimum atomic E-state index is -0.286. The second-order valence-electron chi connectivity index (χ2n) is 2.92. The van der Waals surface area contributed by atoms with Crippen LogP contribution in [0.3, 0.4) is 0 Å². The van der Waals surface area contributed by atoms with Crippen molar-refractivity contribution in [2.24, 2.45) is 0 Å². The monoisotopic (exact) mass is 228 g/mol. The molecule has 0 aliphatic heterocycles. The first-order valence-electron chi connectivity index (χ1n) is 4.59. The van der Waals surface area contributed by atoms with Gasteiger partial charge in [-0.3, -0.25) is 0 Å². The largest absolute Gasteiger partial charge is 0.374 e. The van der Waals surface area contributed by atoms with Gasteiger partial charge in [0.2, 0.25) is 0 Å². The Morgan fingerprint density at radius 2 is 1.67 bits per heavy atom. The SMILES string of the molecule is COCSc1ccc(C(OC)OC)cc1. The van der Waals surface area contributed by atoms with Crippen LogP contribution in [0.2, 0.25) is 0 Å². The van der Waals surface area contributed by atoms with E-state index in [4.69, 9.17) is 14.2 Å². The molecule has 0 saturated heterocycles. The number of rotatable bonds is 6. The summed E-state index contributed by atoms with van der Waals surface area (Å²) in [6.45, 7) is 0. The van der Waals surface area contributed by atoms with E-state index in [0.717, 1.165) is 5.56 Å². The summed E-state index contributed by atoms with van der Waals surface area (Å²) in [7, 11) is 4.94. The van der Waals surface area contributed by atoms with Crippen LogP contribution in [0.1, 0.15) is 11.9 Å². The average molecular weight is 228 g/mol. The lowest BCUT2D eigenvalue weighted by molar-refractivity contribution is -0.106. The molecule has 0 aromatic heterocycles. The highest BCUT2D eigenvalue weighted by molar-refractivity contribution is 7.99. The van der Waals surface area contributed by atoms with Gasteiger partial charge in [-0.25, -0.2) is 0 Å². The third kappa shape index (κ3) is 3.83. The summed E-state index contributed by atoms with van der Waals surface area (Å²) in [4.78, 5) is 1.17. The van der Waals surface area contributed by atoms with Crippen molar-refractivity contribution in [2.45, 2.75) is 11.2 Å². The van der Waals surface area contributed by atoms with Gasteiger partial charge in [0.15, 0.2) is 6.29 Å². The number of hydrogen-bond donors (Lipinski definition) is 0. The molecule has 4 heteroatoms. The summed E-state index contributed by atoms with van der Waals surface area (Å²) in [5.74, 6) is 0.664. The molecule has 84 valence electrons. The molecule has 0 saturated carbocycles. The van der Waals surface area contributed by atoms with E-state index in [1.165, 1.54) is 4.90 Å². The number of benzene rings is 1. The van der Waals surface area contributed by atoms with Gasteiger partial charge in [-0.2, -0.15) is 0 Å². The van der Waals surface area contributed by atoms with Gasteiger partial charge in [0.05, 0.1) is 5.94 Å². The van der Waals surface area contributed by atoms with E-state index in [1.807, 2.05) is 24.3 Å². The summed E-state index contributed by atoms with van der Waals surface area (Å²) in [5.41, 5.74) is 1.02. The highest BCUT2D eigenvalue weighted by Crippen LogP contribution is 2.22. The van der Waals surface area contributed by atoms with Crippen LogP contribution in [0.5, 0.6) is 0 Å². The molecule has 15 heavy (non-hydrogen) atoms. The summed E-state index contributed by atoms with van der Waals surface area (Å²) in [6, 6.07) is 8.06. The number of hydrogen-bond acceptors (Lipinski definition) is 4. The maximum absolute atomic E-state index is 5.15. The van der Waals surface area contributed by atoms with Gasteiger partial charge in [0.25, 0.3) is 0 Å². The summed E-state index contributed by atoms with van der Waals surface area (Å²) in [5, 5.41) is 0. The molecule has 0 bridgehead atoms. The highest BCUT2D eigenvalue weighted by atomic mass is 32.2. The molecule has 1 aromatic rings. The Morgan fingerprint density at radius 1 is 1.07 bits per heavy atom. The molecule has 1 rings (SSSR count). The number of ether oxygens (including phenoxy) is 3. The lowest BCUT2D eigenvalue weighted by atomic mass is 10.2. The van der Waals surface area contributed by atoms with E-state index < -0.39 is 0 Å². The molecule has 0 fully saturated rings. The molecular formula is C11H16O3S. The zero-order valence-corrected chi connectivity index (χ0v) is 10.0. The molecule has 0 atom stereocenters. The predicted molar refractivity (Wildman–Crippen MR) is 60.9 cm³/mol. The fourth-order valence-corrected chi connectivity index (χ4v) is 1.80. The zero-order valence-electron chi connectivity index (χ0n) is 9.23. The molecule has 0 unspecified atom stereocenters. The first kappa shape index (κ1) is 12.5. The summed E-state index contributed by atoms with van der Waals surface area (Å²) < 4.78 is 15.3. The standard InChI is InChI=1S/C11H16O3S/c1-12-8-15-10-6-4-9(5-7-10)11(13-2)14-3/h4-7,11H,8H2,1-3H3. The van der Waals surface area contributed by atoms with E-state index in [0.29, 0.717) is 5.94 Å². The lowest BCUT2D eigenvalue weighted by Gasteiger charge is -2.13. The van der Waals surface area contributed by atoms with Gasteiger partial charge < -0.3 is 14.2 Å². The Labute approximate surface area is 94.7 Å². The van der Waals surface area contributed by atoms with Crippen LogP contribution in [0, 0.1) is 0 Å². The molecule has 0 radical (unpaired) electrons. The van der Waals surface area contributed by atoms with Crippen LogP contribution < -0.4 is 0 Å². The molecule has 0 aliphatic carbocycles. The Morgan fingerprint density at radius 3 is 2.13 bits per heavy atom. The van der Waals surface area contributed by atoms with Crippen molar-refractivity contribution in [3.05, 3.63) is 29.8 Å². The van der Waals surface area contributed by atoms with Crippen molar-refractivity contribution < 1.29 is 14.2 Å². The summed E-state index contributed by atoms with van der Waals surface area (Å²) in [6.07, 6.45) is -0.286. The first-order valence-corrected chi connectivity index (χ1v) is 5.57. The number of methoxy groups -OCH3 is 3. The molecule has 1 aromatic carbocycles. The zero-order chi connectivity index (χ0) is 11.1. The molecule has 0 aliphatic rings. The lowest BCUT2D eigenvalue weighted by Crippen LogP contribution is -2.02. The third-order valence-corrected chi connectivity index (χ3v) is 2.88. The highest BCUT2D eigenvalue weighted by Gasteiger charge is 2.07. The molecule has 0 amide bonds. The smallest absolute Gasteiger partial charge is 0.183 e. The van der Waals surface area contributed by atoms with Crippen molar-refractivity contribution in [1.82, 2.24) is 0 Å². The van der Waals surface area contributed by atoms with Gasteiger partial charge in [-0.1, -0.05) is 23.9 Å². The fourth-order valence-electron chi connectivity index (χ4n) is 1.22. The van der Waals surface area contributed by atoms with Crippen LogP contribution in [0.15, 0.2) is 29.2 Å². The molecular weight excluding hydrogens is 212 g/mol. The van der Waals surface area contributed by atoms with E-state index in [9.17, 15) is 0 Å². The second kappa shape index (κ2) is 6.85. The van der Waals surface area contributed by atoms with E-state index in [2.05, 4.69) is 0 Å². The first-order chi connectivity index (χ1) is 7.31. The van der Waals surface area contributed by atoms with Gasteiger partial charge in [-0.05, 0) is 12.1 Å². The van der Waals surface area contributed by atoms with Crippen LogP contribution in [-0.2, 0) is 14.2 Å². The summed E-state index contributed by atoms with van der Waals surface area (Å²) >= 11 is 1.65. The van der Waals surface area contributed by atoms with Crippen molar-refractivity contribution in [1.29, 1.82) is 0 Å². The van der Waals surface area contributed by atoms with Gasteiger partial charge in [-0.15, -0.1) is 0 Å². The van der Waals surface area contributed by atoms with Gasteiger partial charge in [0.1, 0.15) is 0 Å². The number of thioether (sulfide) groups is 1. The Balaban J connectivity index is 2.62. The van der Waals surface area contributed by atoms with Gasteiger partial charge >= 0.3 is 0 Å². The van der Waals surface area contributed by atoms with Crippen molar-refractivity contribution in [3.8, 4) is 0 Å². The van der Waals surface area contributed by atoms with Gasteiger partial charge in [0, 0.05) is 31.8 Å². The minimum Gasteiger partial charge on any atom is -0.374 e.